The third-order valence-electron chi connectivity index (χ3n) is 5.75. The Balaban J connectivity index is 1.39. The number of benzene rings is 2. The lowest BCUT2D eigenvalue weighted by atomic mass is 9.98. The topological polar surface area (TPSA) is 51.2 Å². The SMILES string of the molecule is COc1cc2c(cc1OC)CN(C(=O)CN1CCOC(c3ccccc3)C1)CC2. The fourth-order valence-corrected chi connectivity index (χ4v) is 4.10. The van der Waals surface area contributed by atoms with E-state index < -0.39 is 0 Å². The molecule has 0 aliphatic carbocycles. The normalized spacial score (nSPS) is 19.5. The van der Waals surface area contributed by atoms with Gasteiger partial charge in [0.25, 0.3) is 0 Å². The highest BCUT2D eigenvalue weighted by atomic mass is 16.5. The van der Waals surface area contributed by atoms with E-state index in [1.807, 2.05) is 35.2 Å². The van der Waals surface area contributed by atoms with E-state index in [0.29, 0.717) is 25.4 Å². The monoisotopic (exact) mass is 396 g/mol. The highest BCUT2D eigenvalue weighted by Crippen LogP contribution is 2.33. The number of morpholine rings is 1. The van der Waals surface area contributed by atoms with E-state index in [9.17, 15) is 4.79 Å². The van der Waals surface area contributed by atoms with E-state index >= 15 is 0 Å². The zero-order chi connectivity index (χ0) is 20.2. The van der Waals surface area contributed by atoms with Crippen LogP contribution in [0.2, 0.25) is 0 Å². The lowest BCUT2D eigenvalue weighted by molar-refractivity contribution is -0.135. The third-order valence-corrected chi connectivity index (χ3v) is 5.75. The average molecular weight is 396 g/mol. The summed E-state index contributed by atoms with van der Waals surface area (Å²) in [7, 11) is 3.28. The molecular weight excluding hydrogens is 368 g/mol. The summed E-state index contributed by atoms with van der Waals surface area (Å²) in [4.78, 5) is 17.1. The van der Waals surface area contributed by atoms with Gasteiger partial charge in [0.1, 0.15) is 0 Å². The highest BCUT2D eigenvalue weighted by Gasteiger charge is 2.27. The van der Waals surface area contributed by atoms with Crippen molar-refractivity contribution in [2.45, 2.75) is 19.1 Å². The van der Waals surface area contributed by atoms with Gasteiger partial charge in [0, 0.05) is 26.2 Å². The smallest absolute Gasteiger partial charge is 0.237 e. The Labute approximate surface area is 172 Å². The molecule has 154 valence electrons. The standard InChI is InChI=1S/C23H28N2O4/c1-27-20-12-18-8-9-25(14-19(18)13-21(20)28-2)23(26)16-24-10-11-29-22(15-24)17-6-4-3-5-7-17/h3-7,12-13,22H,8-11,14-16H2,1-2H3. The molecule has 2 aromatic carbocycles. The van der Waals surface area contributed by atoms with Crippen molar-refractivity contribution in [2.24, 2.45) is 0 Å². The van der Waals surface area contributed by atoms with Crippen molar-refractivity contribution in [1.29, 1.82) is 0 Å². The summed E-state index contributed by atoms with van der Waals surface area (Å²) in [6, 6.07) is 14.2. The molecule has 0 N–H and O–H groups in total. The van der Waals surface area contributed by atoms with Gasteiger partial charge in [0.15, 0.2) is 11.5 Å². The summed E-state index contributed by atoms with van der Waals surface area (Å²) >= 11 is 0. The number of rotatable bonds is 5. The van der Waals surface area contributed by atoms with E-state index in [-0.39, 0.29) is 12.0 Å². The Bertz CT molecular complexity index is 855. The maximum absolute atomic E-state index is 13.0. The number of hydrogen-bond acceptors (Lipinski definition) is 5. The number of nitrogens with zero attached hydrogens (tertiary/aromatic N) is 2. The number of carbonyl (C=O) groups is 1. The lowest BCUT2D eigenvalue weighted by Gasteiger charge is -2.35. The molecule has 1 saturated heterocycles. The summed E-state index contributed by atoms with van der Waals surface area (Å²) in [5.41, 5.74) is 3.52. The van der Waals surface area contributed by atoms with Crippen LogP contribution >= 0.6 is 0 Å². The zero-order valence-electron chi connectivity index (χ0n) is 17.1. The predicted octanol–water partition coefficient (Wildman–Crippen LogP) is 2.66. The molecule has 0 bridgehead atoms. The highest BCUT2D eigenvalue weighted by molar-refractivity contribution is 5.78. The maximum atomic E-state index is 13.0. The molecule has 6 nitrogen and oxygen atoms in total. The summed E-state index contributed by atoms with van der Waals surface area (Å²) in [5, 5.41) is 0. The summed E-state index contributed by atoms with van der Waals surface area (Å²) in [5.74, 6) is 1.62. The van der Waals surface area contributed by atoms with Crippen LogP contribution < -0.4 is 9.47 Å². The van der Waals surface area contributed by atoms with E-state index in [1.165, 1.54) is 5.56 Å². The van der Waals surface area contributed by atoms with Crippen LogP contribution in [0, 0.1) is 0 Å². The largest absolute Gasteiger partial charge is 0.493 e. The van der Waals surface area contributed by atoms with Gasteiger partial charge in [-0.1, -0.05) is 30.3 Å². The third kappa shape index (κ3) is 4.38. The van der Waals surface area contributed by atoms with E-state index in [4.69, 9.17) is 14.2 Å². The quantitative estimate of drug-likeness (QED) is 0.778. The first kappa shape index (κ1) is 19.7. The first-order valence-corrected chi connectivity index (χ1v) is 10.1. The maximum Gasteiger partial charge on any atom is 0.237 e. The molecule has 1 atom stereocenters. The van der Waals surface area contributed by atoms with Crippen molar-refractivity contribution < 1.29 is 19.0 Å². The molecule has 1 fully saturated rings. The second-order valence-electron chi connectivity index (χ2n) is 7.55. The van der Waals surface area contributed by atoms with E-state index in [2.05, 4.69) is 17.0 Å². The van der Waals surface area contributed by atoms with Gasteiger partial charge in [-0.2, -0.15) is 0 Å². The molecule has 2 aliphatic rings. The molecule has 0 radical (unpaired) electrons. The van der Waals surface area contributed by atoms with Gasteiger partial charge < -0.3 is 19.1 Å². The van der Waals surface area contributed by atoms with Gasteiger partial charge in [-0.25, -0.2) is 0 Å². The van der Waals surface area contributed by atoms with Crippen molar-refractivity contribution in [2.75, 3.05) is 47.0 Å². The van der Waals surface area contributed by atoms with Crippen molar-refractivity contribution in [3.63, 3.8) is 0 Å². The minimum atomic E-state index is 0.0246. The van der Waals surface area contributed by atoms with Crippen LogP contribution in [0.5, 0.6) is 11.5 Å². The fourth-order valence-electron chi connectivity index (χ4n) is 4.10. The Hall–Kier alpha value is -2.57. The van der Waals surface area contributed by atoms with Crippen LogP contribution in [0.4, 0.5) is 0 Å². The van der Waals surface area contributed by atoms with Crippen molar-refractivity contribution >= 4 is 5.91 Å². The molecule has 2 aliphatic heterocycles. The second kappa shape index (κ2) is 8.84. The number of hydrogen-bond donors (Lipinski definition) is 0. The molecule has 1 unspecified atom stereocenters. The molecule has 4 rings (SSSR count). The minimum Gasteiger partial charge on any atom is -0.493 e. The zero-order valence-corrected chi connectivity index (χ0v) is 17.1. The van der Waals surface area contributed by atoms with Crippen LogP contribution in [0.3, 0.4) is 0 Å². The first-order chi connectivity index (χ1) is 14.2. The van der Waals surface area contributed by atoms with Crippen molar-refractivity contribution in [3.8, 4) is 11.5 Å². The molecule has 0 aromatic heterocycles. The van der Waals surface area contributed by atoms with Gasteiger partial charge in [-0.15, -0.1) is 0 Å². The summed E-state index contributed by atoms with van der Waals surface area (Å²) < 4.78 is 16.7. The van der Waals surface area contributed by atoms with Crippen LogP contribution in [0.1, 0.15) is 22.8 Å². The van der Waals surface area contributed by atoms with Gasteiger partial charge in [-0.3, -0.25) is 9.69 Å². The van der Waals surface area contributed by atoms with Gasteiger partial charge in [0.2, 0.25) is 5.91 Å². The number of methoxy groups -OCH3 is 2. The molecule has 2 heterocycles. The molecule has 6 heteroatoms. The molecule has 2 aromatic rings. The van der Waals surface area contributed by atoms with Crippen LogP contribution in [-0.2, 0) is 22.5 Å². The predicted molar refractivity (Wildman–Crippen MR) is 110 cm³/mol. The van der Waals surface area contributed by atoms with E-state index in [1.54, 1.807) is 14.2 Å². The Morgan fingerprint density at radius 2 is 1.79 bits per heavy atom. The number of amides is 1. The molecular formula is C23H28N2O4. The van der Waals surface area contributed by atoms with Crippen LogP contribution in [0.25, 0.3) is 0 Å². The number of carbonyl (C=O) groups excluding carboxylic acids is 1. The Kier molecular flexibility index (Phi) is 6.02. The summed E-state index contributed by atoms with van der Waals surface area (Å²) in [6.45, 7) is 3.94. The molecule has 0 spiro atoms. The molecule has 29 heavy (non-hydrogen) atoms. The number of fused-ring (bicyclic) bond motifs is 1. The summed E-state index contributed by atoms with van der Waals surface area (Å²) in [6.07, 6.45) is 0.855. The van der Waals surface area contributed by atoms with E-state index in [0.717, 1.165) is 42.9 Å². The first-order valence-electron chi connectivity index (χ1n) is 10.1. The van der Waals surface area contributed by atoms with Crippen molar-refractivity contribution in [3.05, 3.63) is 59.2 Å². The Morgan fingerprint density at radius 1 is 1.07 bits per heavy atom. The minimum absolute atomic E-state index is 0.0246. The van der Waals surface area contributed by atoms with Gasteiger partial charge >= 0.3 is 0 Å². The Morgan fingerprint density at radius 3 is 2.52 bits per heavy atom. The fraction of sp³-hybridized carbons (Fsp3) is 0.435. The average Bonchev–Trinajstić information content (AvgIpc) is 2.78. The molecule has 1 amide bonds. The van der Waals surface area contributed by atoms with Crippen LogP contribution in [-0.4, -0.2) is 62.7 Å². The second-order valence-corrected chi connectivity index (χ2v) is 7.55. The van der Waals surface area contributed by atoms with Crippen LogP contribution in [0.15, 0.2) is 42.5 Å². The van der Waals surface area contributed by atoms with Crippen molar-refractivity contribution in [1.82, 2.24) is 9.80 Å². The molecule has 0 saturated carbocycles. The number of ether oxygens (including phenoxy) is 3. The van der Waals surface area contributed by atoms with Gasteiger partial charge in [-0.05, 0) is 35.2 Å². The lowest BCUT2D eigenvalue weighted by Crippen LogP contribution is -2.46. The van der Waals surface area contributed by atoms with Gasteiger partial charge in [0.05, 0.1) is 33.5 Å².